The number of rotatable bonds is 4. The summed E-state index contributed by atoms with van der Waals surface area (Å²) in [7, 11) is 0. The smallest absolute Gasteiger partial charge is 0.261 e. The van der Waals surface area contributed by atoms with Crippen LogP contribution in [0, 0.1) is 5.82 Å². The van der Waals surface area contributed by atoms with Crippen LogP contribution in [0.2, 0.25) is 0 Å². The maximum absolute atomic E-state index is 13.6. The first-order chi connectivity index (χ1) is 15.1. The molecule has 3 aromatic rings. The third-order valence-electron chi connectivity index (χ3n) is 5.97. The largest absolute Gasteiger partial charge is 0.508 e. The molecular weight excluding hydrogens is 399 g/mol. The van der Waals surface area contributed by atoms with Crippen molar-refractivity contribution in [2.24, 2.45) is 0 Å². The second-order valence-corrected chi connectivity index (χ2v) is 7.99. The van der Waals surface area contributed by atoms with E-state index in [1.54, 1.807) is 24.3 Å². The molecule has 2 aliphatic heterocycles. The molecule has 2 aromatic carbocycles. The van der Waals surface area contributed by atoms with Crippen LogP contribution in [-0.2, 0) is 9.53 Å². The lowest BCUT2D eigenvalue weighted by atomic mass is 9.87. The fraction of sp³-hybridized carbons (Fsp3) is 0.333. The topological polar surface area (TPSA) is 80.7 Å². The molecule has 2 aliphatic rings. The highest BCUT2D eigenvalue weighted by Crippen LogP contribution is 2.42. The molecule has 7 heteroatoms. The summed E-state index contributed by atoms with van der Waals surface area (Å²) in [5, 5.41) is 14.4. The molecule has 0 bridgehead atoms. The fourth-order valence-electron chi connectivity index (χ4n) is 4.39. The van der Waals surface area contributed by atoms with Gasteiger partial charge in [-0.1, -0.05) is 12.1 Å². The minimum atomic E-state index is -0.614. The predicted molar refractivity (Wildman–Crippen MR) is 114 cm³/mol. The van der Waals surface area contributed by atoms with Crippen LogP contribution in [0.1, 0.15) is 30.9 Å². The maximum Gasteiger partial charge on any atom is 0.261 e. The first-order valence-corrected chi connectivity index (χ1v) is 10.5. The van der Waals surface area contributed by atoms with Gasteiger partial charge in [0.25, 0.3) is 5.91 Å². The van der Waals surface area contributed by atoms with Crippen LogP contribution in [0.5, 0.6) is 11.6 Å². The Morgan fingerprint density at radius 1 is 1.06 bits per heavy atom. The third kappa shape index (κ3) is 3.81. The molecule has 2 fully saturated rings. The highest BCUT2D eigenvalue weighted by atomic mass is 19.1. The Kier molecular flexibility index (Phi) is 5.19. The van der Waals surface area contributed by atoms with Gasteiger partial charge < -0.3 is 19.9 Å². The zero-order valence-corrected chi connectivity index (χ0v) is 16.9. The number of benzene rings is 2. The van der Waals surface area contributed by atoms with Crippen LogP contribution in [0.3, 0.4) is 0 Å². The number of fused-ring (bicyclic) bond motifs is 1. The van der Waals surface area contributed by atoms with Gasteiger partial charge in [0.15, 0.2) is 6.10 Å². The minimum Gasteiger partial charge on any atom is -0.508 e. The Morgan fingerprint density at radius 3 is 2.55 bits per heavy atom. The molecule has 1 amide bonds. The van der Waals surface area contributed by atoms with Crippen molar-refractivity contribution >= 4 is 16.7 Å². The van der Waals surface area contributed by atoms with Crippen molar-refractivity contribution in [3.63, 3.8) is 0 Å². The van der Waals surface area contributed by atoms with Crippen molar-refractivity contribution in [2.45, 2.75) is 31.3 Å². The van der Waals surface area contributed by atoms with Gasteiger partial charge in [-0.15, -0.1) is 0 Å². The molecule has 1 aromatic heterocycles. The fourth-order valence-corrected chi connectivity index (χ4v) is 4.39. The SMILES string of the molecule is O=C1NCC[C@@H]1Oc1nc(C2CCOCC2)c(-c2ccc(F)cc2)c2ccc(O)cc12. The second kappa shape index (κ2) is 8.15. The average Bonchev–Trinajstić information content (AvgIpc) is 3.19. The van der Waals surface area contributed by atoms with Gasteiger partial charge in [0, 0.05) is 43.0 Å². The number of phenolic OH excluding ortho intramolecular Hbond substituents is 1. The van der Waals surface area contributed by atoms with Gasteiger partial charge in [-0.2, -0.15) is 0 Å². The Bertz CT molecular complexity index is 1130. The predicted octanol–water partition coefficient (Wildman–Crippen LogP) is 3.91. The number of pyridine rings is 1. The molecule has 2 N–H and O–H groups in total. The van der Waals surface area contributed by atoms with Gasteiger partial charge in [0.05, 0.1) is 5.69 Å². The molecule has 0 spiro atoms. The van der Waals surface area contributed by atoms with Crippen LogP contribution in [-0.4, -0.2) is 41.9 Å². The van der Waals surface area contributed by atoms with E-state index < -0.39 is 6.10 Å². The number of halogens is 1. The monoisotopic (exact) mass is 422 g/mol. The van der Waals surface area contributed by atoms with Gasteiger partial charge in [-0.05, 0) is 54.1 Å². The van der Waals surface area contributed by atoms with E-state index in [4.69, 9.17) is 14.5 Å². The number of aromatic nitrogens is 1. The number of carbonyl (C=O) groups excluding carboxylic acids is 1. The van der Waals surface area contributed by atoms with E-state index in [1.807, 2.05) is 6.07 Å². The van der Waals surface area contributed by atoms with Crippen LogP contribution < -0.4 is 10.1 Å². The summed E-state index contributed by atoms with van der Waals surface area (Å²) in [5.41, 5.74) is 2.59. The standard InChI is InChI=1S/C24H23FN2O4/c25-16-3-1-14(2-4-16)21-18-6-5-17(28)13-19(18)24(31-20-7-10-26-23(20)29)27-22(21)15-8-11-30-12-9-15/h1-6,13,15,20,28H,7-12H2,(H,26,29)/t20-/m0/s1. The summed E-state index contributed by atoms with van der Waals surface area (Å²) < 4.78 is 25.2. The first-order valence-electron chi connectivity index (χ1n) is 10.5. The zero-order valence-electron chi connectivity index (χ0n) is 16.9. The number of phenols is 1. The molecule has 5 rings (SSSR count). The molecule has 1 atom stereocenters. The van der Waals surface area contributed by atoms with Crippen LogP contribution in [0.4, 0.5) is 4.39 Å². The Balaban J connectivity index is 1.73. The Hall–Kier alpha value is -3.19. The van der Waals surface area contributed by atoms with Crippen LogP contribution in [0.25, 0.3) is 21.9 Å². The van der Waals surface area contributed by atoms with Crippen molar-refractivity contribution in [1.82, 2.24) is 10.3 Å². The maximum atomic E-state index is 13.6. The van der Waals surface area contributed by atoms with E-state index in [-0.39, 0.29) is 23.4 Å². The molecule has 2 saturated heterocycles. The normalized spacial score (nSPS) is 19.5. The average molecular weight is 422 g/mol. The Morgan fingerprint density at radius 2 is 1.84 bits per heavy atom. The number of nitrogens with zero attached hydrogens (tertiary/aromatic N) is 1. The Labute approximate surface area is 179 Å². The number of hydrogen-bond acceptors (Lipinski definition) is 5. The molecule has 0 radical (unpaired) electrons. The van der Waals surface area contributed by atoms with E-state index in [2.05, 4.69) is 5.32 Å². The van der Waals surface area contributed by atoms with Gasteiger partial charge >= 0.3 is 0 Å². The number of ether oxygens (including phenoxy) is 2. The van der Waals surface area contributed by atoms with Gasteiger partial charge in [-0.3, -0.25) is 4.79 Å². The lowest BCUT2D eigenvalue weighted by Crippen LogP contribution is -2.28. The molecule has 0 unspecified atom stereocenters. The summed E-state index contributed by atoms with van der Waals surface area (Å²) in [6.07, 6.45) is 1.58. The second-order valence-electron chi connectivity index (χ2n) is 7.99. The highest BCUT2D eigenvalue weighted by molar-refractivity contribution is 6.01. The van der Waals surface area contributed by atoms with Crippen molar-refractivity contribution < 1.29 is 23.8 Å². The molecule has 0 saturated carbocycles. The lowest BCUT2D eigenvalue weighted by Gasteiger charge is -2.26. The number of carbonyl (C=O) groups is 1. The van der Waals surface area contributed by atoms with Gasteiger partial charge in [0.2, 0.25) is 5.88 Å². The number of nitrogens with one attached hydrogen (secondary N) is 1. The summed E-state index contributed by atoms with van der Waals surface area (Å²) in [4.78, 5) is 17.0. The minimum absolute atomic E-state index is 0.0823. The summed E-state index contributed by atoms with van der Waals surface area (Å²) in [6.45, 7) is 1.85. The molecule has 31 heavy (non-hydrogen) atoms. The van der Waals surface area contributed by atoms with Crippen LogP contribution >= 0.6 is 0 Å². The van der Waals surface area contributed by atoms with Crippen molar-refractivity contribution in [3.05, 3.63) is 54.0 Å². The van der Waals surface area contributed by atoms with E-state index in [0.29, 0.717) is 37.4 Å². The summed E-state index contributed by atoms with van der Waals surface area (Å²) >= 11 is 0. The van der Waals surface area contributed by atoms with E-state index in [0.717, 1.165) is 35.0 Å². The van der Waals surface area contributed by atoms with Crippen LogP contribution in [0.15, 0.2) is 42.5 Å². The van der Waals surface area contributed by atoms with Gasteiger partial charge in [-0.25, -0.2) is 9.37 Å². The molecule has 6 nitrogen and oxygen atoms in total. The number of hydrogen-bond donors (Lipinski definition) is 2. The van der Waals surface area contributed by atoms with Crippen molar-refractivity contribution in [3.8, 4) is 22.8 Å². The quantitative estimate of drug-likeness (QED) is 0.666. The molecular formula is C24H23FN2O4. The van der Waals surface area contributed by atoms with E-state index in [1.165, 1.54) is 12.1 Å². The molecule has 3 heterocycles. The lowest BCUT2D eigenvalue weighted by molar-refractivity contribution is -0.125. The third-order valence-corrected chi connectivity index (χ3v) is 5.97. The van der Waals surface area contributed by atoms with Crippen molar-refractivity contribution in [2.75, 3.05) is 19.8 Å². The zero-order chi connectivity index (χ0) is 21.4. The van der Waals surface area contributed by atoms with Gasteiger partial charge in [0.1, 0.15) is 11.6 Å². The number of aromatic hydroxyl groups is 1. The van der Waals surface area contributed by atoms with Crippen molar-refractivity contribution in [1.29, 1.82) is 0 Å². The van der Waals surface area contributed by atoms with E-state index in [9.17, 15) is 14.3 Å². The highest BCUT2D eigenvalue weighted by Gasteiger charge is 2.30. The first kappa shape index (κ1) is 19.8. The summed E-state index contributed by atoms with van der Waals surface area (Å²) in [5.74, 6) is 0.0924. The molecule has 160 valence electrons. The van der Waals surface area contributed by atoms with E-state index >= 15 is 0 Å². The summed E-state index contributed by atoms with van der Waals surface area (Å²) in [6, 6.07) is 11.4. The molecule has 0 aliphatic carbocycles. The number of amides is 1.